The van der Waals surface area contributed by atoms with E-state index in [1.807, 2.05) is 10.6 Å². The molecule has 1 amide bonds. The number of aromatic nitrogens is 3. The van der Waals surface area contributed by atoms with Crippen molar-refractivity contribution in [1.29, 1.82) is 0 Å². The summed E-state index contributed by atoms with van der Waals surface area (Å²) in [5.74, 6) is -0.268. The minimum Gasteiger partial charge on any atom is -0.392 e. The number of hydrogen-bond donors (Lipinski definition) is 2. The van der Waals surface area contributed by atoms with Crippen LogP contribution in [0.1, 0.15) is 97.2 Å². The summed E-state index contributed by atoms with van der Waals surface area (Å²) in [7, 11) is 0. The molecule has 204 valence electrons. The Morgan fingerprint density at radius 2 is 1.87 bits per heavy atom. The number of nitrogens with one attached hydrogen (secondary N) is 1. The summed E-state index contributed by atoms with van der Waals surface area (Å²) in [6.45, 7) is 4.74. The van der Waals surface area contributed by atoms with Crippen molar-refractivity contribution >= 4 is 17.2 Å². The van der Waals surface area contributed by atoms with Crippen molar-refractivity contribution in [3.05, 3.63) is 97.6 Å². The Morgan fingerprint density at radius 1 is 1.10 bits per heavy atom. The number of carbonyl (C=O) groups is 1. The smallest absolute Gasteiger partial charge is 0.331 e. The van der Waals surface area contributed by atoms with Crippen LogP contribution < -0.4 is 16.6 Å². The van der Waals surface area contributed by atoms with Crippen LogP contribution >= 0.6 is 0 Å². The fraction of sp³-hybridized carbons (Fsp3) is 0.419. The molecule has 0 aliphatic heterocycles. The van der Waals surface area contributed by atoms with Crippen LogP contribution in [0.3, 0.4) is 0 Å². The molecule has 0 spiro atoms. The zero-order valence-corrected chi connectivity index (χ0v) is 22.7. The molecule has 2 N–H and O–H groups in total. The molecular formula is C31H36N4O4. The molecule has 0 saturated heterocycles. The summed E-state index contributed by atoms with van der Waals surface area (Å²) in [5, 5.41) is 12.0. The van der Waals surface area contributed by atoms with Gasteiger partial charge in [0.2, 0.25) is 0 Å². The number of benzene rings is 1. The normalized spacial score (nSPS) is 17.4. The Labute approximate surface area is 228 Å². The Balaban J connectivity index is 1.37. The van der Waals surface area contributed by atoms with E-state index >= 15 is 0 Å². The second kappa shape index (κ2) is 11.5. The molecule has 0 radical (unpaired) electrons. The van der Waals surface area contributed by atoms with Crippen molar-refractivity contribution < 1.29 is 9.90 Å². The minimum atomic E-state index is -0.299. The van der Waals surface area contributed by atoms with Crippen LogP contribution in [0.15, 0.2) is 58.3 Å². The molecule has 8 nitrogen and oxygen atoms in total. The Kier molecular flexibility index (Phi) is 7.93. The standard InChI is InChI=1S/C31H36N4O4/c1-3-17-34-28-20(2)7-10-22(5-4-6-26(28)30(38)35(31(34)39)25-14-15-25)23-11-16-27(32-18-23)29(37)33-24-12-8-21(19-36)9-13-24/h8-13,16,18,20,25,36H,3-7,14-15,17,19H2,1-2H3,(H,33,37). The maximum atomic E-state index is 13.5. The fourth-order valence-corrected chi connectivity index (χ4v) is 5.49. The Bertz CT molecular complexity index is 1500. The van der Waals surface area contributed by atoms with E-state index in [-0.39, 0.29) is 35.7 Å². The van der Waals surface area contributed by atoms with Gasteiger partial charge in [0, 0.05) is 41.6 Å². The average molecular weight is 529 g/mol. The highest BCUT2D eigenvalue weighted by atomic mass is 16.3. The van der Waals surface area contributed by atoms with Crippen LogP contribution in [0.5, 0.6) is 0 Å². The molecule has 8 heteroatoms. The Morgan fingerprint density at radius 3 is 2.51 bits per heavy atom. The molecule has 1 aromatic carbocycles. The largest absolute Gasteiger partial charge is 0.392 e. The van der Waals surface area contributed by atoms with E-state index in [4.69, 9.17) is 0 Å². The average Bonchev–Trinajstić information content (AvgIpc) is 3.77. The number of fused-ring (bicyclic) bond motifs is 1. The van der Waals surface area contributed by atoms with Gasteiger partial charge in [-0.15, -0.1) is 0 Å². The molecule has 2 aliphatic rings. The van der Waals surface area contributed by atoms with Crippen LogP contribution in [-0.4, -0.2) is 25.1 Å². The summed E-state index contributed by atoms with van der Waals surface area (Å²) in [6, 6.07) is 10.7. The van der Waals surface area contributed by atoms with Crippen molar-refractivity contribution in [1.82, 2.24) is 14.1 Å². The third-order valence-electron chi connectivity index (χ3n) is 7.69. The lowest BCUT2D eigenvalue weighted by Crippen LogP contribution is -2.43. The van der Waals surface area contributed by atoms with Crippen LogP contribution in [0.4, 0.5) is 5.69 Å². The van der Waals surface area contributed by atoms with Crippen LogP contribution in [0.2, 0.25) is 0 Å². The van der Waals surface area contributed by atoms with Gasteiger partial charge in [-0.3, -0.25) is 23.7 Å². The highest BCUT2D eigenvalue weighted by Gasteiger charge is 2.31. The maximum absolute atomic E-state index is 13.5. The highest BCUT2D eigenvalue weighted by Crippen LogP contribution is 2.34. The van der Waals surface area contributed by atoms with E-state index < -0.39 is 0 Å². The van der Waals surface area contributed by atoms with E-state index in [9.17, 15) is 19.5 Å². The molecule has 3 aromatic rings. The zero-order chi connectivity index (χ0) is 27.5. The van der Waals surface area contributed by atoms with Gasteiger partial charge in [-0.25, -0.2) is 4.79 Å². The number of rotatable bonds is 7. The van der Waals surface area contributed by atoms with Crippen molar-refractivity contribution in [2.45, 2.75) is 83.9 Å². The molecule has 1 unspecified atom stereocenters. The highest BCUT2D eigenvalue weighted by molar-refractivity contribution is 6.02. The number of anilines is 1. The molecule has 1 atom stereocenters. The van der Waals surface area contributed by atoms with Gasteiger partial charge in [-0.05, 0) is 79.8 Å². The van der Waals surface area contributed by atoms with Crippen molar-refractivity contribution in [3.63, 3.8) is 0 Å². The lowest BCUT2D eigenvalue weighted by molar-refractivity contribution is 0.102. The van der Waals surface area contributed by atoms with Gasteiger partial charge in [0.1, 0.15) is 5.69 Å². The molecule has 2 aliphatic carbocycles. The summed E-state index contributed by atoms with van der Waals surface area (Å²) < 4.78 is 3.38. The number of amides is 1. The molecular weight excluding hydrogens is 492 g/mol. The van der Waals surface area contributed by atoms with Crippen LogP contribution in [0.25, 0.3) is 5.57 Å². The number of aliphatic hydroxyl groups excluding tert-OH is 1. The third kappa shape index (κ3) is 5.66. The molecule has 39 heavy (non-hydrogen) atoms. The first kappa shape index (κ1) is 26.8. The molecule has 2 heterocycles. The predicted molar refractivity (Wildman–Crippen MR) is 152 cm³/mol. The topological polar surface area (TPSA) is 106 Å². The number of hydrogen-bond acceptors (Lipinski definition) is 5. The van der Waals surface area contributed by atoms with Gasteiger partial charge in [-0.1, -0.05) is 38.1 Å². The summed E-state index contributed by atoms with van der Waals surface area (Å²) in [4.78, 5) is 44.0. The second-order valence-electron chi connectivity index (χ2n) is 10.7. The Hall–Kier alpha value is -3.78. The monoisotopic (exact) mass is 528 g/mol. The SMILES string of the molecule is CCCn1c2c(c(=O)n(C3CC3)c1=O)CCCC(c1ccc(C(=O)Nc3ccc(CO)cc3)nc1)=CCC2C. The summed E-state index contributed by atoms with van der Waals surface area (Å²) >= 11 is 0. The summed E-state index contributed by atoms with van der Waals surface area (Å²) in [5.41, 5.74) is 5.28. The molecule has 2 aromatic heterocycles. The van der Waals surface area contributed by atoms with Gasteiger partial charge in [0.25, 0.3) is 11.5 Å². The van der Waals surface area contributed by atoms with E-state index in [0.717, 1.165) is 60.1 Å². The van der Waals surface area contributed by atoms with Gasteiger partial charge in [0.15, 0.2) is 0 Å². The molecule has 1 saturated carbocycles. The van der Waals surface area contributed by atoms with E-state index in [2.05, 4.69) is 30.2 Å². The van der Waals surface area contributed by atoms with E-state index in [0.29, 0.717) is 30.8 Å². The lowest BCUT2D eigenvalue weighted by atomic mass is 9.96. The third-order valence-corrected chi connectivity index (χ3v) is 7.69. The minimum absolute atomic E-state index is 0.0316. The molecule has 0 bridgehead atoms. The first-order valence-corrected chi connectivity index (χ1v) is 14.0. The number of allylic oxidation sites excluding steroid dienone is 2. The molecule has 5 rings (SSSR count). The van der Waals surface area contributed by atoms with Gasteiger partial charge < -0.3 is 10.4 Å². The summed E-state index contributed by atoms with van der Waals surface area (Å²) in [6.07, 6.45) is 9.50. The number of nitrogens with zero attached hydrogens (tertiary/aromatic N) is 3. The van der Waals surface area contributed by atoms with E-state index in [1.165, 1.54) is 4.57 Å². The van der Waals surface area contributed by atoms with Gasteiger partial charge in [-0.2, -0.15) is 0 Å². The van der Waals surface area contributed by atoms with E-state index in [1.54, 1.807) is 36.5 Å². The second-order valence-corrected chi connectivity index (χ2v) is 10.7. The molecule has 1 fully saturated rings. The fourth-order valence-electron chi connectivity index (χ4n) is 5.49. The van der Waals surface area contributed by atoms with Crippen molar-refractivity contribution in [3.8, 4) is 0 Å². The first-order chi connectivity index (χ1) is 18.9. The van der Waals surface area contributed by atoms with Crippen LogP contribution in [-0.2, 0) is 19.6 Å². The zero-order valence-electron chi connectivity index (χ0n) is 22.7. The first-order valence-electron chi connectivity index (χ1n) is 14.0. The van der Waals surface area contributed by atoms with Gasteiger partial charge in [0.05, 0.1) is 6.61 Å². The van der Waals surface area contributed by atoms with Crippen molar-refractivity contribution in [2.75, 3.05) is 5.32 Å². The lowest BCUT2D eigenvalue weighted by Gasteiger charge is -2.22. The predicted octanol–water partition coefficient (Wildman–Crippen LogP) is 4.81. The van der Waals surface area contributed by atoms with Crippen LogP contribution in [0, 0.1) is 0 Å². The quantitative estimate of drug-likeness (QED) is 0.458. The number of aliphatic hydroxyl groups is 1. The van der Waals surface area contributed by atoms with Crippen molar-refractivity contribution in [2.24, 2.45) is 0 Å². The number of carbonyl (C=O) groups excluding carboxylic acids is 1. The number of pyridine rings is 1. The maximum Gasteiger partial charge on any atom is 0.331 e. The van der Waals surface area contributed by atoms with Gasteiger partial charge >= 0.3 is 5.69 Å².